The van der Waals surface area contributed by atoms with Gasteiger partial charge >= 0.3 is 0 Å². The molecule has 0 aliphatic heterocycles. The van der Waals surface area contributed by atoms with Crippen molar-refractivity contribution in [3.05, 3.63) is 58.9 Å². The summed E-state index contributed by atoms with van der Waals surface area (Å²) in [6.07, 6.45) is 5.10. The van der Waals surface area contributed by atoms with Crippen molar-refractivity contribution in [1.82, 2.24) is 0 Å². The summed E-state index contributed by atoms with van der Waals surface area (Å²) in [5.41, 5.74) is -0.141. The summed E-state index contributed by atoms with van der Waals surface area (Å²) >= 11 is 6.13. The van der Waals surface area contributed by atoms with Crippen LogP contribution >= 0.6 is 11.6 Å². The number of rotatable bonds is 4. The summed E-state index contributed by atoms with van der Waals surface area (Å²) in [5, 5.41) is 3.17. The fourth-order valence-electron chi connectivity index (χ4n) is 3.66. The average Bonchev–Trinajstić information content (AvgIpc) is 2.63. The maximum absolute atomic E-state index is 14.2. The van der Waals surface area contributed by atoms with E-state index in [2.05, 4.69) is 5.32 Å². The van der Waals surface area contributed by atoms with Gasteiger partial charge < -0.3 is 5.32 Å². The molecule has 144 valence electrons. The van der Waals surface area contributed by atoms with Crippen molar-refractivity contribution in [3.8, 4) is 0 Å². The molecule has 1 saturated carbocycles. The Hall–Kier alpha value is -1.92. The molecule has 1 fully saturated rings. The number of hydrogen-bond donors (Lipinski definition) is 1. The molecule has 0 aromatic heterocycles. The van der Waals surface area contributed by atoms with E-state index in [4.69, 9.17) is 11.6 Å². The third kappa shape index (κ3) is 4.17. The molecule has 0 atom stereocenters. The van der Waals surface area contributed by atoms with E-state index in [1.54, 1.807) is 18.2 Å². The Morgan fingerprint density at radius 2 is 1.81 bits per heavy atom. The first-order valence-electron chi connectivity index (χ1n) is 8.79. The molecule has 3 rings (SSSR count). The van der Waals surface area contributed by atoms with Gasteiger partial charge in [-0.3, -0.25) is 4.79 Å². The molecule has 0 radical (unpaired) electrons. The molecule has 4 nitrogen and oxygen atoms in total. The van der Waals surface area contributed by atoms with E-state index in [1.807, 2.05) is 6.07 Å². The minimum Gasteiger partial charge on any atom is -0.323 e. The fraction of sp³-hybridized carbons (Fsp3) is 0.350. The van der Waals surface area contributed by atoms with E-state index in [9.17, 15) is 17.6 Å². The van der Waals surface area contributed by atoms with Gasteiger partial charge in [-0.05, 0) is 48.7 Å². The molecule has 1 amide bonds. The summed E-state index contributed by atoms with van der Waals surface area (Å²) in [7, 11) is -3.51. The molecule has 0 spiro atoms. The van der Waals surface area contributed by atoms with Gasteiger partial charge in [0, 0.05) is 11.3 Å². The number of hydrogen-bond acceptors (Lipinski definition) is 3. The zero-order valence-electron chi connectivity index (χ0n) is 15.0. The van der Waals surface area contributed by atoms with Gasteiger partial charge in [0.1, 0.15) is 5.82 Å². The van der Waals surface area contributed by atoms with E-state index in [0.717, 1.165) is 43.2 Å². The van der Waals surface area contributed by atoms with Crippen LogP contribution in [0, 0.1) is 5.82 Å². The van der Waals surface area contributed by atoms with Crippen LogP contribution in [0.25, 0.3) is 0 Å². The number of nitrogens with one attached hydrogen (secondary N) is 1. The molecule has 0 bridgehead atoms. The Morgan fingerprint density at radius 1 is 1.11 bits per heavy atom. The van der Waals surface area contributed by atoms with Crippen molar-refractivity contribution < 1.29 is 17.6 Å². The van der Waals surface area contributed by atoms with Gasteiger partial charge in [-0.25, -0.2) is 12.8 Å². The van der Waals surface area contributed by atoms with Crippen molar-refractivity contribution in [2.45, 2.75) is 42.4 Å². The number of halogens is 2. The molecule has 27 heavy (non-hydrogen) atoms. The molecule has 0 unspecified atom stereocenters. The Balaban J connectivity index is 1.99. The van der Waals surface area contributed by atoms with E-state index >= 15 is 0 Å². The van der Waals surface area contributed by atoms with Crippen molar-refractivity contribution in [2.24, 2.45) is 0 Å². The van der Waals surface area contributed by atoms with Crippen LogP contribution < -0.4 is 5.32 Å². The summed E-state index contributed by atoms with van der Waals surface area (Å²) in [6, 6.07) is 10.6. The second-order valence-electron chi connectivity index (χ2n) is 7.02. The number of benzene rings is 2. The Labute approximate surface area is 163 Å². The van der Waals surface area contributed by atoms with Crippen LogP contribution in [0.3, 0.4) is 0 Å². The largest absolute Gasteiger partial charge is 0.323 e. The average molecular weight is 410 g/mol. The second-order valence-corrected chi connectivity index (χ2v) is 9.47. The molecule has 0 heterocycles. The smallest absolute Gasteiger partial charge is 0.235 e. The third-order valence-corrected chi connectivity index (χ3v) is 6.48. The van der Waals surface area contributed by atoms with Crippen molar-refractivity contribution in [3.63, 3.8) is 0 Å². The third-order valence-electron chi connectivity index (χ3n) is 5.13. The molecule has 1 N–H and O–H groups in total. The quantitative estimate of drug-likeness (QED) is 0.743. The maximum atomic E-state index is 14.2. The zero-order chi connectivity index (χ0) is 19.7. The number of sulfone groups is 1. The standard InChI is InChI=1S/C20H21ClFNO3S/c1-27(25,26)16-8-9-17(22)18(13-16)23-19(24)20(10-3-2-4-11-20)14-6-5-7-15(21)12-14/h5-9,12-13H,2-4,10-11H2,1H3,(H,23,24). The number of carbonyl (C=O) groups is 1. The summed E-state index contributed by atoms with van der Waals surface area (Å²) < 4.78 is 37.8. The van der Waals surface area contributed by atoms with Crippen molar-refractivity contribution in [1.29, 1.82) is 0 Å². The summed E-state index contributed by atoms with van der Waals surface area (Å²) in [4.78, 5) is 13.2. The predicted octanol–water partition coefficient (Wildman–Crippen LogP) is 4.72. The maximum Gasteiger partial charge on any atom is 0.235 e. The van der Waals surface area contributed by atoms with Crippen LogP contribution in [0.4, 0.5) is 10.1 Å². The summed E-state index contributed by atoms with van der Waals surface area (Å²) in [5.74, 6) is -1.01. The van der Waals surface area contributed by atoms with Crippen LogP contribution in [0.1, 0.15) is 37.7 Å². The molecule has 1 aliphatic rings. The lowest BCUT2D eigenvalue weighted by atomic mass is 9.68. The van der Waals surface area contributed by atoms with Gasteiger partial charge in [0.25, 0.3) is 0 Å². The molecule has 7 heteroatoms. The lowest BCUT2D eigenvalue weighted by molar-refractivity contribution is -0.122. The van der Waals surface area contributed by atoms with Crippen LogP contribution in [0.15, 0.2) is 47.4 Å². The zero-order valence-corrected chi connectivity index (χ0v) is 16.5. The van der Waals surface area contributed by atoms with Gasteiger partial charge in [-0.2, -0.15) is 0 Å². The van der Waals surface area contributed by atoms with Crippen LogP contribution in [-0.2, 0) is 20.0 Å². The molecule has 2 aromatic rings. The molecule has 2 aromatic carbocycles. The topological polar surface area (TPSA) is 63.2 Å². The van der Waals surface area contributed by atoms with Gasteiger partial charge in [0.2, 0.25) is 5.91 Å². The highest BCUT2D eigenvalue weighted by atomic mass is 35.5. The van der Waals surface area contributed by atoms with E-state index in [0.29, 0.717) is 17.9 Å². The lowest BCUT2D eigenvalue weighted by Crippen LogP contribution is -2.42. The van der Waals surface area contributed by atoms with Crippen LogP contribution in [-0.4, -0.2) is 20.6 Å². The Morgan fingerprint density at radius 3 is 2.44 bits per heavy atom. The first kappa shape index (κ1) is 19.8. The Bertz CT molecular complexity index is 969. The highest BCUT2D eigenvalue weighted by Gasteiger charge is 2.41. The first-order chi connectivity index (χ1) is 12.7. The van der Waals surface area contributed by atoms with Crippen LogP contribution in [0.2, 0.25) is 5.02 Å². The van der Waals surface area contributed by atoms with Crippen molar-refractivity contribution >= 4 is 33.0 Å². The fourth-order valence-corrected chi connectivity index (χ4v) is 4.50. The van der Waals surface area contributed by atoms with Gasteiger partial charge in [0.05, 0.1) is 16.0 Å². The highest BCUT2D eigenvalue weighted by Crippen LogP contribution is 2.41. The number of amides is 1. The predicted molar refractivity (Wildman–Crippen MR) is 104 cm³/mol. The first-order valence-corrected chi connectivity index (χ1v) is 11.1. The number of anilines is 1. The minimum atomic E-state index is -3.51. The SMILES string of the molecule is CS(=O)(=O)c1ccc(F)c(NC(=O)C2(c3cccc(Cl)c3)CCCCC2)c1. The van der Waals surface area contributed by atoms with Gasteiger partial charge in [-0.15, -0.1) is 0 Å². The summed E-state index contributed by atoms with van der Waals surface area (Å²) in [6.45, 7) is 0. The van der Waals surface area contributed by atoms with Crippen LogP contribution in [0.5, 0.6) is 0 Å². The van der Waals surface area contributed by atoms with Gasteiger partial charge in [-0.1, -0.05) is 43.0 Å². The Kier molecular flexibility index (Phi) is 5.58. The van der Waals surface area contributed by atoms with E-state index in [-0.39, 0.29) is 16.5 Å². The minimum absolute atomic E-state index is 0.0420. The van der Waals surface area contributed by atoms with Crippen molar-refractivity contribution in [2.75, 3.05) is 11.6 Å². The normalized spacial score (nSPS) is 16.7. The molecule has 0 saturated heterocycles. The lowest BCUT2D eigenvalue weighted by Gasteiger charge is -2.36. The highest BCUT2D eigenvalue weighted by molar-refractivity contribution is 7.90. The molecular weight excluding hydrogens is 389 g/mol. The molecular formula is C20H21ClFNO3S. The molecule has 1 aliphatic carbocycles. The van der Waals surface area contributed by atoms with E-state index in [1.165, 1.54) is 6.07 Å². The van der Waals surface area contributed by atoms with E-state index < -0.39 is 21.1 Å². The second kappa shape index (κ2) is 7.60. The monoisotopic (exact) mass is 409 g/mol. The number of carbonyl (C=O) groups excluding carboxylic acids is 1. The van der Waals surface area contributed by atoms with Gasteiger partial charge in [0.15, 0.2) is 9.84 Å².